The lowest BCUT2D eigenvalue weighted by Gasteiger charge is -2.50. The minimum Gasteiger partial charge on any atom is -0.508 e. The standard InChI is InChI=1S/C38H54O3/c1-3-4-5-6-7-8-9-10-11-12-13-14-15-16-17-18-19-20-37(40)41-36-26-25-35-34-23-21-30-29-31(39)22-24-32(30)33(34)27-28-38(35,36)2/h7-8,10-11,13-14,16-17,22,24,29,33-36,39H,3-6,9,12,15,18-21,23,25-28H2,1-2H3/b8-7-,11-10-,14-13-,17-16-/t33-,34-,35+,36+,38+/m1/s1. The molecular weight excluding hydrogens is 504 g/mol. The van der Waals surface area contributed by atoms with Gasteiger partial charge in [-0.15, -0.1) is 0 Å². The van der Waals surface area contributed by atoms with Gasteiger partial charge in [-0.1, -0.05) is 81.4 Å². The minimum atomic E-state index is -0.0145. The Morgan fingerprint density at radius 2 is 1.59 bits per heavy atom. The first-order valence-corrected chi connectivity index (χ1v) is 16.6. The number of benzene rings is 1. The predicted molar refractivity (Wildman–Crippen MR) is 171 cm³/mol. The van der Waals surface area contributed by atoms with Gasteiger partial charge in [-0.25, -0.2) is 0 Å². The molecule has 3 heteroatoms. The second-order valence-electron chi connectivity index (χ2n) is 12.9. The van der Waals surface area contributed by atoms with Crippen molar-refractivity contribution in [2.45, 2.75) is 129 Å². The van der Waals surface area contributed by atoms with Gasteiger partial charge in [0.25, 0.3) is 0 Å². The van der Waals surface area contributed by atoms with Gasteiger partial charge in [-0.3, -0.25) is 4.79 Å². The molecule has 1 aromatic carbocycles. The summed E-state index contributed by atoms with van der Waals surface area (Å²) < 4.78 is 6.16. The van der Waals surface area contributed by atoms with Crippen LogP contribution in [0.15, 0.2) is 66.8 Å². The SMILES string of the molecule is CCCCC/C=C\C/C=C\C/C=C\C/C=C\CCCC(=O)O[C@H]1CC[C@H]2[C@@H]3CCc4cc(O)ccc4[C@H]3CC[C@]12C. The van der Waals surface area contributed by atoms with E-state index < -0.39 is 0 Å². The molecule has 224 valence electrons. The zero-order valence-electron chi connectivity index (χ0n) is 25.7. The van der Waals surface area contributed by atoms with Crippen molar-refractivity contribution in [2.24, 2.45) is 17.3 Å². The third-order valence-electron chi connectivity index (χ3n) is 10.1. The summed E-state index contributed by atoms with van der Waals surface area (Å²) in [5.41, 5.74) is 2.90. The van der Waals surface area contributed by atoms with Gasteiger partial charge in [-0.05, 0) is 124 Å². The van der Waals surface area contributed by atoms with Crippen LogP contribution in [0.25, 0.3) is 0 Å². The Kier molecular flexibility index (Phi) is 12.4. The first-order chi connectivity index (χ1) is 20.0. The van der Waals surface area contributed by atoms with Gasteiger partial charge in [-0.2, -0.15) is 0 Å². The lowest BCUT2D eigenvalue weighted by atomic mass is 9.55. The van der Waals surface area contributed by atoms with Gasteiger partial charge < -0.3 is 9.84 Å². The van der Waals surface area contributed by atoms with E-state index in [1.165, 1.54) is 49.7 Å². The third kappa shape index (κ3) is 8.72. The fourth-order valence-electron chi connectivity index (χ4n) is 7.86. The van der Waals surface area contributed by atoms with E-state index in [9.17, 15) is 9.90 Å². The van der Waals surface area contributed by atoms with Crippen LogP contribution in [0.5, 0.6) is 5.75 Å². The Labute approximate surface area is 249 Å². The molecular formula is C38H54O3. The molecule has 0 amide bonds. The molecule has 1 aromatic rings. The van der Waals surface area contributed by atoms with Gasteiger partial charge in [0.2, 0.25) is 0 Å². The largest absolute Gasteiger partial charge is 0.508 e. The van der Waals surface area contributed by atoms with Gasteiger partial charge in [0.15, 0.2) is 0 Å². The number of esters is 1. The molecule has 0 spiro atoms. The summed E-state index contributed by atoms with van der Waals surface area (Å²) in [7, 11) is 0. The highest BCUT2D eigenvalue weighted by atomic mass is 16.5. The van der Waals surface area contributed by atoms with Crippen LogP contribution in [0.2, 0.25) is 0 Å². The highest BCUT2D eigenvalue weighted by molar-refractivity contribution is 5.69. The molecule has 0 aliphatic heterocycles. The van der Waals surface area contributed by atoms with Crippen LogP contribution in [0, 0.1) is 17.3 Å². The molecule has 0 bridgehead atoms. The second kappa shape index (κ2) is 16.2. The number of aryl methyl sites for hydroxylation is 1. The van der Waals surface area contributed by atoms with Crippen LogP contribution in [-0.2, 0) is 16.0 Å². The van der Waals surface area contributed by atoms with Crippen molar-refractivity contribution in [1.82, 2.24) is 0 Å². The predicted octanol–water partition coefficient (Wildman–Crippen LogP) is 10.3. The highest BCUT2D eigenvalue weighted by Crippen LogP contribution is 2.61. The Morgan fingerprint density at radius 3 is 2.29 bits per heavy atom. The topological polar surface area (TPSA) is 46.5 Å². The van der Waals surface area contributed by atoms with Crippen molar-refractivity contribution in [1.29, 1.82) is 0 Å². The van der Waals surface area contributed by atoms with Crippen molar-refractivity contribution in [2.75, 3.05) is 0 Å². The van der Waals surface area contributed by atoms with E-state index in [1.54, 1.807) is 0 Å². The number of unbranched alkanes of at least 4 members (excludes halogenated alkanes) is 4. The second-order valence-corrected chi connectivity index (χ2v) is 12.9. The lowest BCUT2D eigenvalue weighted by Crippen LogP contribution is -2.45. The van der Waals surface area contributed by atoms with Gasteiger partial charge in [0.05, 0.1) is 0 Å². The smallest absolute Gasteiger partial charge is 0.306 e. The minimum absolute atomic E-state index is 0.0145. The summed E-state index contributed by atoms with van der Waals surface area (Å²) >= 11 is 0. The first kappa shape index (κ1) is 31.4. The van der Waals surface area contributed by atoms with Gasteiger partial charge in [0, 0.05) is 11.8 Å². The van der Waals surface area contributed by atoms with E-state index >= 15 is 0 Å². The maximum Gasteiger partial charge on any atom is 0.306 e. The van der Waals surface area contributed by atoms with Gasteiger partial charge in [0.1, 0.15) is 11.9 Å². The molecule has 41 heavy (non-hydrogen) atoms. The number of ether oxygens (including phenoxy) is 1. The van der Waals surface area contributed by atoms with Crippen molar-refractivity contribution in [3.05, 3.63) is 77.9 Å². The molecule has 5 atom stereocenters. The van der Waals surface area contributed by atoms with Crippen molar-refractivity contribution >= 4 is 5.97 Å². The molecule has 1 N–H and O–H groups in total. The van der Waals surface area contributed by atoms with Crippen molar-refractivity contribution in [3.63, 3.8) is 0 Å². The third-order valence-corrected chi connectivity index (χ3v) is 10.1. The fourth-order valence-corrected chi connectivity index (χ4v) is 7.86. The van der Waals surface area contributed by atoms with Crippen LogP contribution >= 0.6 is 0 Å². The van der Waals surface area contributed by atoms with Crippen LogP contribution in [0.1, 0.15) is 127 Å². The number of fused-ring (bicyclic) bond motifs is 5. The van der Waals surface area contributed by atoms with E-state index in [0.717, 1.165) is 57.8 Å². The molecule has 0 aromatic heterocycles. The van der Waals surface area contributed by atoms with E-state index in [2.05, 4.69) is 68.5 Å². The number of hydrogen-bond donors (Lipinski definition) is 1. The average Bonchev–Trinajstić information content (AvgIpc) is 3.30. The average molecular weight is 559 g/mol. The number of carbonyl (C=O) groups excluding carboxylic acids is 1. The maximum atomic E-state index is 12.8. The van der Waals surface area contributed by atoms with E-state index in [1.807, 2.05) is 12.1 Å². The van der Waals surface area contributed by atoms with Crippen LogP contribution in [-0.4, -0.2) is 17.2 Å². The quantitative estimate of drug-likeness (QED) is 0.132. The zero-order valence-corrected chi connectivity index (χ0v) is 25.7. The first-order valence-electron chi connectivity index (χ1n) is 16.6. The summed E-state index contributed by atoms with van der Waals surface area (Å²) in [6.07, 6.45) is 35.1. The molecule has 0 heterocycles. The van der Waals surface area contributed by atoms with E-state index in [4.69, 9.17) is 4.74 Å². The molecule has 2 fully saturated rings. The number of phenols is 1. The molecule has 4 rings (SSSR count). The molecule has 2 saturated carbocycles. The monoisotopic (exact) mass is 558 g/mol. The number of hydrogen-bond acceptors (Lipinski definition) is 3. The number of rotatable bonds is 15. The zero-order chi connectivity index (χ0) is 28.9. The molecule has 3 aliphatic carbocycles. The fraction of sp³-hybridized carbons (Fsp3) is 0.605. The highest BCUT2D eigenvalue weighted by Gasteiger charge is 2.56. The van der Waals surface area contributed by atoms with E-state index in [0.29, 0.717) is 29.9 Å². The molecule has 0 unspecified atom stereocenters. The Bertz CT molecular complexity index is 1080. The molecule has 3 nitrogen and oxygen atoms in total. The number of aromatic hydroxyl groups is 1. The van der Waals surface area contributed by atoms with Crippen molar-refractivity contribution in [3.8, 4) is 5.75 Å². The maximum absolute atomic E-state index is 12.8. The molecule has 0 radical (unpaired) electrons. The number of allylic oxidation sites excluding steroid dienone is 8. The summed E-state index contributed by atoms with van der Waals surface area (Å²) in [6, 6.07) is 5.99. The van der Waals surface area contributed by atoms with Gasteiger partial charge >= 0.3 is 5.97 Å². The summed E-state index contributed by atoms with van der Waals surface area (Å²) in [5.74, 6) is 2.27. The molecule has 0 saturated heterocycles. The number of phenolic OH excluding ortho intramolecular Hbond substituents is 1. The Morgan fingerprint density at radius 1 is 0.902 bits per heavy atom. The van der Waals surface area contributed by atoms with Crippen LogP contribution < -0.4 is 0 Å². The Balaban J connectivity index is 1.09. The number of carbonyl (C=O) groups is 1. The lowest BCUT2D eigenvalue weighted by molar-refractivity contribution is -0.157. The summed E-state index contributed by atoms with van der Waals surface area (Å²) in [6.45, 7) is 4.64. The molecule has 3 aliphatic rings. The normalized spacial score (nSPS) is 27.6. The van der Waals surface area contributed by atoms with E-state index in [-0.39, 0.29) is 17.5 Å². The Hall–Kier alpha value is -2.55. The summed E-state index contributed by atoms with van der Waals surface area (Å²) in [5, 5.41) is 9.93. The van der Waals surface area contributed by atoms with Crippen molar-refractivity contribution < 1.29 is 14.6 Å². The van der Waals surface area contributed by atoms with Crippen LogP contribution in [0.4, 0.5) is 0 Å². The summed E-state index contributed by atoms with van der Waals surface area (Å²) in [4.78, 5) is 12.8. The van der Waals surface area contributed by atoms with Crippen LogP contribution in [0.3, 0.4) is 0 Å².